The smallest absolute Gasteiger partial charge is 0.101 e. The lowest BCUT2D eigenvalue weighted by molar-refractivity contribution is -0.0143. The molecule has 128 valence electrons. The molecule has 1 N–H and O–H groups in total. The summed E-state index contributed by atoms with van der Waals surface area (Å²) in [6.07, 6.45) is 10.1. The fourth-order valence-electron chi connectivity index (χ4n) is 4.12. The third kappa shape index (κ3) is 3.26. The minimum absolute atomic E-state index is 0.135. The van der Waals surface area contributed by atoms with Gasteiger partial charge in [0, 0.05) is 37.0 Å². The summed E-state index contributed by atoms with van der Waals surface area (Å²) in [5.74, 6) is 0. The number of aromatic nitrogens is 2. The Kier molecular flexibility index (Phi) is 4.67. The van der Waals surface area contributed by atoms with Gasteiger partial charge in [-0.05, 0) is 50.2 Å². The molecule has 2 aliphatic rings. The zero-order chi connectivity index (χ0) is 16.4. The summed E-state index contributed by atoms with van der Waals surface area (Å²) < 4.78 is 8.12. The molecule has 24 heavy (non-hydrogen) atoms. The van der Waals surface area contributed by atoms with E-state index in [0.717, 1.165) is 26.0 Å². The van der Waals surface area contributed by atoms with Gasteiger partial charge in [-0.25, -0.2) is 0 Å². The highest BCUT2D eigenvalue weighted by molar-refractivity contribution is 5.30. The van der Waals surface area contributed by atoms with Crippen LogP contribution >= 0.6 is 0 Å². The third-order valence-electron chi connectivity index (χ3n) is 5.42. The predicted octanol–water partition coefficient (Wildman–Crippen LogP) is 3.27. The Morgan fingerprint density at radius 3 is 2.96 bits per heavy atom. The molecule has 1 aromatic carbocycles. The van der Waals surface area contributed by atoms with Crippen LogP contribution in [0.4, 0.5) is 0 Å². The molecule has 4 heteroatoms. The van der Waals surface area contributed by atoms with Gasteiger partial charge in [-0.15, -0.1) is 0 Å². The first-order valence-electron chi connectivity index (χ1n) is 9.30. The van der Waals surface area contributed by atoms with E-state index in [9.17, 15) is 0 Å². The molecular weight excluding hydrogens is 298 g/mol. The zero-order valence-corrected chi connectivity index (χ0v) is 14.4. The van der Waals surface area contributed by atoms with Crippen molar-refractivity contribution >= 4 is 0 Å². The van der Waals surface area contributed by atoms with Crippen LogP contribution in [0.3, 0.4) is 0 Å². The first kappa shape index (κ1) is 15.9. The molecule has 0 radical (unpaired) electrons. The third-order valence-corrected chi connectivity index (χ3v) is 5.42. The van der Waals surface area contributed by atoms with Crippen LogP contribution in [0.2, 0.25) is 0 Å². The van der Waals surface area contributed by atoms with E-state index in [1.54, 1.807) is 0 Å². The number of fused-ring (bicyclic) bond motifs is 1. The Bertz CT molecular complexity index is 681. The molecule has 1 aromatic heterocycles. The van der Waals surface area contributed by atoms with E-state index in [0.29, 0.717) is 12.1 Å². The summed E-state index contributed by atoms with van der Waals surface area (Å²) in [6.45, 7) is 3.88. The van der Waals surface area contributed by atoms with Crippen LogP contribution in [0.1, 0.15) is 49.0 Å². The number of nitrogens with one attached hydrogen (secondary N) is 1. The number of rotatable bonds is 4. The van der Waals surface area contributed by atoms with E-state index in [4.69, 9.17) is 4.74 Å². The van der Waals surface area contributed by atoms with E-state index in [-0.39, 0.29) is 6.10 Å². The lowest BCUT2D eigenvalue weighted by Gasteiger charge is -2.36. The molecule has 0 saturated carbocycles. The summed E-state index contributed by atoms with van der Waals surface area (Å²) in [7, 11) is 0. The van der Waals surface area contributed by atoms with Crippen molar-refractivity contribution in [2.75, 3.05) is 6.61 Å². The first-order chi connectivity index (χ1) is 11.8. The van der Waals surface area contributed by atoms with Crippen molar-refractivity contribution in [2.24, 2.45) is 0 Å². The van der Waals surface area contributed by atoms with Crippen molar-refractivity contribution in [3.05, 3.63) is 53.3 Å². The second-order valence-electron chi connectivity index (χ2n) is 7.04. The Morgan fingerprint density at radius 2 is 2.12 bits per heavy atom. The molecule has 0 spiro atoms. The van der Waals surface area contributed by atoms with Gasteiger partial charge in [0.2, 0.25) is 0 Å². The van der Waals surface area contributed by atoms with Gasteiger partial charge in [0.25, 0.3) is 0 Å². The van der Waals surface area contributed by atoms with Crippen LogP contribution in [0, 0.1) is 0 Å². The maximum Gasteiger partial charge on any atom is 0.101 e. The fraction of sp³-hybridized carbons (Fsp3) is 0.550. The molecule has 1 aliphatic carbocycles. The van der Waals surface area contributed by atoms with Crippen molar-refractivity contribution in [3.63, 3.8) is 0 Å². The van der Waals surface area contributed by atoms with Gasteiger partial charge < -0.3 is 10.1 Å². The highest BCUT2D eigenvalue weighted by atomic mass is 16.5. The maximum atomic E-state index is 6.13. The molecule has 0 unspecified atom stereocenters. The molecule has 2 aromatic rings. The van der Waals surface area contributed by atoms with Crippen LogP contribution in [-0.2, 0) is 24.1 Å². The highest BCUT2D eigenvalue weighted by Gasteiger charge is 2.31. The number of ether oxygens (including phenoxy) is 1. The topological polar surface area (TPSA) is 39.1 Å². The lowest BCUT2D eigenvalue weighted by Crippen LogP contribution is -2.46. The van der Waals surface area contributed by atoms with Gasteiger partial charge in [-0.3, -0.25) is 4.68 Å². The van der Waals surface area contributed by atoms with Gasteiger partial charge in [-0.1, -0.05) is 24.3 Å². The van der Waals surface area contributed by atoms with Crippen LogP contribution < -0.4 is 5.32 Å². The summed E-state index contributed by atoms with van der Waals surface area (Å²) in [5.41, 5.74) is 4.25. The number of hydrogen-bond acceptors (Lipinski definition) is 3. The van der Waals surface area contributed by atoms with Crippen LogP contribution in [-0.4, -0.2) is 28.5 Å². The van der Waals surface area contributed by atoms with Gasteiger partial charge >= 0.3 is 0 Å². The molecule has 4 nitrogen and oxygen atoms in total. The van der Waals surface area contributed by atoms with Gasteiger partial charge in [-0.2, -0.15) is 5.10 Å². The van der Waals surface area contributed by atoms with Crippen LogP contribution in [0.5, 0.6) is 0 Å². The first-order valence-corrected chi connectivity index (χ1v) is 9.30. The number of hydrogen-bond donors (Lipinski definition) is 1. The average molecular weight is 325 g/mol. The monoisotopic (exact) mass is 325 g/mol. The number of aryl methyl sites for hydroxylation is 2. The standard InChI is InChI=1S/C20H27N3O/c1-2-23-14-17(13-21-23)20-19(8-5-11-24-20)22-18-10-9-15-6-3-4-7-16(15)12-18/h3-4,6-7,13-14,18-20,22H,2,5,8-12H2,1H3/t18-,19-,20+/m0/s1. The SMILES string of the molecule is CCn1cc([C@H]2OCCC[C@@H]2N[C@H]2CCc3ccccc3C2)cn1. The maximum absolute atomic E-state index is 6.13. The largest absolute Gasteiger partial charge is 0.372 e. The normalized spacial score (nSPS) is 27.0. The van der Waals surface area contributed by atoms with Crippen LogP contribution in [0.15, 0.2) is 36.7 Å². The van der Waals surface area contributed by atoms with Gasteiger partial charge in [0.05, 0.1) is 6.20 Å². The Balaban J connectivity index is 1.46. The Morgan fingerprint density at radius 1 is 1.25 bits per heavy atom. The second-order valence-corrected chi connectivity index (χ2v) is 7.04. The molecule has 2 heterocycles. The number of benzene rings is 1. The molecule has 1 saturated heterocycles. The van der Waals surface area contributed by atoms with E-state index in [1.807, 2.05) is 10.9 Å². The van der Waals surface area contributed by atoms with Crippen molar-refractivity contribution in [3.8, 4) is 0 Å². The second kappa shape index (κ2) is 7.08. The van der Waals surface area contributed by atoms with Crippen molar-refractivity contribution in [1.82, 2.24) is 15.1 Å². The minimum Gasteiger partial charge on any atom is -0.372 e. The summed E-state index contributed by atoms with van der Waals surface area (Å²) in [5, 5.41) is 8.34. The zero-order valence-electron chi connectivity index (χ0n) is 14.4. The lowest BCUT2D eigenvalue weighted by atomic mass is 9.87. The molecular formula is C20H27N3O. The molecule has 1 aliphatic heterocycles. The molecule has 3 atom stereocenters. The quantitative estimate of drug-likeness (QED) is 0.938. The van der Waals surface area contributed by atoms with E-state index in [1.165, 1.54) is 36.0 Å². The molecule has 0 amide bonds. The summed E-state index contributed by atoms with van der Waals surface area (Å²) in [4.78, 5) is 0. The Labute approximate surface area is 144 Å². The van der Waals surface area contributed by atoms with Crippen LogP contribution in [0.25, 0.3) is 0 Å². The van der Waals surface area contributed by atoms with E-state index in [2.05, 4.69) is 47.8 Å². The molecule has 4 rings (SSSR count). The Hall–Kier alpha value is -1.65. The number of nitrogens with zero attached hydrogens (tertiary/aromatic N) is 2. The molecule has 1 fully saturated rings. The fourth-order valence-corrected chi connectivity index (χ4v) is 4.12. The van der Waals surface area contributed by atoms with Gasteiger partial charge in [0.15, 0.2) is 0 Å². The van der Waals surface area contributed by atoms with Gasteiger partial charge in [0.1, 0.15) is 6.10 Å². The minimum atomic E-state index is 0.135. The van der Waals surface area contributed by atoms with Crippen molar-refractivity contribution < 1.29 is 4.74 Å². The summed E-state index contributed by atoms with van der Waals surface area (Å²) in [6, 6.07) is 9.81. The van der Waals surface area contributed by atoms with Crippen molar-refractivity contribution in [2.45, 2.75) is 63.8 Å². The molecule has 0 bridgehead atoms. The van der Waals surface area contributed by atoms with Crippen molar-refractivity contribution in [1.29, 1.82) is 0 Å². The predicted molar refractivity (Wildman–Crippen MR) is 95.0 cm³/mol. The van der Waals surface area contributed by atoms with E-state index < -0.39 is 0 Å². The summed E-state index contributed by atoms with van der Waals surface area (Å²) >= 11 is 0. The van der Waals surface area contributed by atoms with E-state index >= 15 is 0 Å². The highest BCUT2D eigenvalue weighted by Crippen LogP contribution is 2.30. The average Bonchev–Trinajstić information content (AvgIpc) is 3.11.